The summed E-state index contributed by atoms with van der Waals surface area (Å²) in [7, 11) is 0. The van der Waals surface area contributed by atoms with Crippen LogP contribution in [0.2, 0.25) is 0 Å². The molecule has 6 nitrogen and oxygen atoms in total. The average molecular weight is 447 g/mol. The van der Waals surface area contributed by atoms with Crippen molar-refractivity contribution in [2.75, 3.05) is 0 Å². The van der Waals surface area contributed by atoms with Gasteiger partial charge in [-0.3, -0.25) is 9.59 Å². The Balaban J connectivity index is 1.60. The number of hydrogen-bond donors (Lipinski definition) is 1. The highest BCUT2D eigenvalue weighted by Gasteiger charge is 2.27. The van der Waals surface area contributed by atoms with E-state index in [9.17, 15) is 9.59 Å². The lowest BCUT2D eigenvalue weighted by molar-refractivity contribution is -0.135. The molecule has 0 radical (unpaired) electrons. The highest BCUT2D eigenvalue weighted by atomic mass is 16.2. The largest absolute Gasteiger partial charge is 0.349 e. The maximum atomic E-state index is 13.7. The Bertz CT molecular complexity index is 1080. The van der Waals surface area contributed by atoms with E-state index in [0.29, 0.717) is 18.9 Å². The van der Waals surface area contributed by atoms with Crippen LogP contribution < -0.4 is 5.32 Å². The van der Waals surface area contributed by atoms with E-state index in [4.69, 9.17) is 4.98 Å². The van der Waals surface area contributed by atoms with Crippen LogP contribution in [-0.2, 0) is 29.2 Å². The van der Waals surface area contributed by atoms with Gasteiger partial charge in [0.15, 0.2) is 0 Å². The number of nitrogens with zero attached hydrogens (tertiary/aromatic N) is 3. The van der Waals surface area contributed by atoms with Crippen LogP contribution in [-0.4, -0.2) is 32.3 Å². The number of nitrogens with one attached hydrogen (secondary N) is 1. The molecule has 1 saturated carbocycles. The monoisotopic (exact) mass is 446 g/mol. The van der Waals surface area contributed by atoms with E-state index in [1.807, 2.05) is 60.9 Å². The van der Waals surface area contributed by atoms with Gasteiger partial charge in [0.2, 0.25) is 11.8 Å². The summed E-state index contributed by atoms with van der Waals surface area (Å²) in [5.74, 6) is 0.692. The average Bonchev–Trinajstić information content (AvgIpc) is 3.19. The molecule has 174 valence electrons. The van der Waals surface area contributed by atoms with Crippen molar-refractivity contribution in [3.63, 3.8) is 0 Å². The van der Waals surface area contributed by atoms with Gasteiger partial charge in [0.25, 0.3) is 0 Å². The van der Waals surface area contributed by atoms with E-state index in [0.717, 1.165) is 29.4 Å². The predicted octanol–water partition coefficient (Wildman–Crippen LogP) is 4.67. The fraction of sp³-hybridized carbons (Fsp3) is 0.444. The summed E-state index contributed by atoms with van der Waals surface area (Å²) in [6.07, 6.45) is 5.70. The second-order valence-corrected chi connectivity index (χ2v) is 9.27. The number of imidazole rings is 1. The van der Waals surface area contributed by atoms with Crippen molar-refractivity contribution in [2.24, 2.45) is 5.92 Å². The summed E-state index contributed by atoms with van der Waals surface area (Å²) in [5, 5.41) is 2.96. The number of carbonyl (C=O) groups is 2. The van der Waals surface area contributed by atoms with Crippen LogP contribution in [0.15, 0.2) is 54.6 Å². The third-order valence-electron chi connectivity index (χ3n) is 6.50. The molecule has 1 fully saturated rings. The normalized spacial score (nSPS) is 14.5. The number of benzene rings is 2. The molecule has 0 aliphatic heterocycles. The Kier molecular flexibility index (Phi) is 7.43. The number of fused-ring (bicyclic) bond motifs is 1. The fourth-order valence-corrected chi connectivity index (χ4v) is 4.63. The minimum absolute atomic E-state index is 0.0205. The van der Waals surface area contributed by atoms with Gasteiger partial charge in [-0.25, -0.2) is 4.98 Å². The van der Waals surface area contributed by atoms with Crippen LogP contribution in [0.1, 0.15) is 57.3 Å². The molecule has 0 unspecified atom stereocenters. The van der Waals surface area contributed by atoms with Gasteiger partial charge in [0.05, 0.1) is 17.6 Å². The minimum atomic E-state index is -0.0999. The lowest BCUT2D eigenvalue weighted by Gasteiger charge is -2.35. The molecule has 0 bridgehead atoms. The second kappa shape index (κ2) is 10.6. The third kappa shape index (κ3) is 5.62. The third-order valence-corrected chi connectivity index (χ3v) is 6.50. The zero-order valence-corrected chi connectivity index (χ0v) is 19.7. The Morgan fingerprint density at radius 2 is 1.73 bits per heavy atom. The van der Waals surface area contributed by atoms with Gasteiger partial charge in [-0.1, -0.05) is 75.6 Å². The molecular weight excluding hydrogens is 412 g/mol. The van der Waals surface area contributed by atoms with Gasteiger partial charge in [-0.15, -0.1) is 0 Å². The van der Waals surface area contributed by atoms with Crippen molar-refractivity contribution in [1.82, 2.24) is 19.8 Å². The maximum absolute atomic E-state index is 13.7. The van der Waals surface area contributed by atoms with Crippen LogP contribution >= 0.6 is 0 Å². The molecule has 0 spiro atoms. The first-order valence-electron chi connectivity index (χ1n) is 12.1. The molecule has 2 amide bonds. The molecule has 6 heteroatoms. The molecule has 4 rings (SSSR count). The molecule has 33 heavy (non-hydrogen) atoms. The summed E-state index contributed by atoms with van der Waals surface area (Å²) < 4.78 is 1.97. The molecule has 0 saturated heterocycles. The smallest absolute Gasteiger partial charge is 0.243 e. The molecule has 1 N–H and O–H groups in total. The molecule has 2 aromatic carbocycles. The number of carbonyl (C=O) groups excluding carboxylic acids is 2. The van der Waals surface area contributed by atoms with Crippen LogP contribution in [0.4, 0.5) is 0 Å². The van der Waals surface area contributed by atoms with Crippen LogP contribution in [0.5, 0.6) is 0 Å². The van der Waals surface area contributed by atoms with Gasteiger partial charge in [0, 0.05) is 18.5 Å². The number of hydrogen-bond acceptors (Lipinski definition) is 3. The Labute approximate surface area is 196 Å². The first-order valence-corrected chi connectivity index (χ1v) is 12.1. The first-order chi connectivity index (χ1) is 16.0. The number of aromatic nitrogens is 2. The van der Waals surface area contributed by atoms with Crippen molar-refractivity contribution in [1.29, 1.82) is 0 Å². The van der Waals surface area contributed by atoms with Crippen LogP contribution in [0.3, 0.4) is 0 Å². The molecule has 0 atom stereocenters. The molecule has 1 heterocycles. The van der Waals surface area contributed by atoms with Gasteiger partial charge < -0.3 is 14.8 Å². The standard InChI is InChI=1S/C27H34N4O2/c1-20(2)27(33)28-17-25-29-23-15-9-10-16-24(23)31(25)19-26(32)30(22-13-7-4-8-14-22)18-21-11-5-3-6-12-21/h3,5-6,9-12,15-16,20,22H,4,7-8,13-14,17-19H2,1-2H3,(H,28,33). The van der Waals surface area contributed by atoms with Crippen molar-refractivity contribution >= 4 is 22.8 Å². The summed E-state index contributed by atoms with van der Waals surface area (Å²) in [6.45, 7) is 4.88. The van der Waals surface area contributed by atoms with E-state index in [1.165, 1.54) is 19.3 Å². The highest BCUT2D eigenvalue weighted by molar-refractivity contribution is 5.82. The van der Waals surface area contributed by atoms with E-state index in [2.05, 4.69) is 22.3 Å². The molecular formula is C27H34N4O2. The lowest BCUT2D eigenvalue weighted by Crippen LogP contribution is -2.42. The van der Waals surface area contributed by atoms with E-state index < -0.39 is 0 Å². The molecule has 1 aliphatic carbocycles. The Hall–Kier alpha value is -3.15. The van der Waals surface area contributed by atoms with Crippen LogP contribution in [0.25, 0.3) is 11.0 Å². The van der Waals surface area contributed by atoms with Gasteiger partial charge in [-0.05, 0) is 30.5 Å². The quantitative estimate of drug-likeness (QED) is 0.547. The molecule has 1 aliphatic rings. The van der Waals surface area contributed by atoms with Crippen molar-refractivity contribution in [2.45, 2.75) is 71.6 Å². The lowest BCUT2D eigenvalue weighted by atomic mass is 9.93. The molecule has 1 aromatic heterocycles. The van der Waals surface area contributed by atoms with Crippen molar-refractivity contribution in [3.05, 3.63) is 66.0 Å². The van der Waals surface area contributed by atoms with E-state index >= 15 is 0 Å². The SMILES string of the molecule is CC(C)C(=O)NCc1nc2ccccc2n1CC(=O)N(Cc1ccccc1)C1CCCCC1. The topological polar surface area (TPSA) is 67.2 Å². The zero-order valence-electron chi connectivity index (χ0n) is 19.7. The van der Waals surface area contributed by atoms with E-state index in [1.54, 1.807) is 0 Å². The summed E-state index contributed by atoms with van der Waals surface area (Å²) >= 11 is 0. The minimum Gasteiger partial charge on any atom is -0.349 e. The zero-order chi connectivity index (χ0) is 23.2. The maximum Gasteiger partial charge on any atom is 0.243 e. The van der Waals surface area contributed by atoms with Crippen molar-refractivity contribution in [3.8, 4) is 0 Å². The summed E-state index contributed by atoms with van der Waals surface area (Å²) in [6, 6.07) is 18.3. The number of para-hydroxylation sites is 2. The predicted molar refractivity (Wildman–Crippen MR) is 130 cm³/mol. The highest BCUT2D eigenvalue weighted by Crippen LogP contribution is 2.25. The van der Waals surface area contributed by atoms with Gasteiger partial charge in [0.1, 0.15) is 12.4 Å². The van der Waals surface area contributed by atoms with E-state index in [-0.39, 0.29) is 30.3 Å². The van der Waals surface area contributed by atoms with Crippen LogP contribution in [0, 0.1) is 5.92 Å². The Morgan fingerprint density at radius 1 is 1.03 bits per heavy atom. The first kappa shape index (κ1) is 23.0. The van der Waals surface area contributed by atoms with Gasteiger partial charge in [-0.2, -0.15) is 0 Å². The second-order valence-electron chi connectivity index (χ2n) is 9.27. The summed E-state index contributed by atoms with van der Waals surface area (Å²) in [4.78, 5) is 32.7. The fourth-order valence-electron chi connectivity index (χ4n) is 4.63. The van der Waals surface area contributed by atoms with Crippen molar-refractivity contribution < 1.29 is 9.59 Å². The number of amides is 2. The van der Waals surface area contributed by atoms with Gasteiger partial charge >= 0.3 is 0 Å². The molecule has 3 aromatic rings. The number of rotatable bonds is 8. The Morgan fingerprint density at radius 3 is 2.45 bits per heavy atom. The summed E-state index contributed by atoms with van der Waals surface area (Å²) in [5.41, 5.74) is 2.91.